The molecule has 1 aliphatic rings. The monoisotopic (exact) mass is 510 g/mol. The molecule has 152 valence electrons. The molecule has 3 aromatic rings. The molecule has 0 aliphatic carbocycles. The molecule has 3 heterocycles. The number of aromatic nitrogens is 4. The number of hydrogen-bond donors (Lipinski definition) is 3. The minimum Gasteiger partial charge on any atom is -0.387 e. The van der Waals surface area contributed by atoms with Gasteiger partial charge in [0, 0.05) is 23.4 Å². The molecular weight excluding hydrogens is 491 g/mol. The van der Waals surface area contributed by atoms with Gasteiger partial charge < -0.3 is 25.2 Å². The van der Waals surface area contributed by atoms with Gasteiger partial charge in [0.1, 0.15) is 18.5 Å². The molecule has 0 saturated carbocycles. The van der Waals surface area contributed by atoms with Gasteiger partial charge in [-0.15, -0.1) is 0 Å². The highest BCUT2D eigenvalue weighted by atomic mass is 127. The van der Waals surface area contributed by atoms with Crippen LogP contribution in [0.15, 0.2) is 36.9 Å². The van der Waals surface area contributed by atoms with Crippen molar-refractivity contribution < 1.29 is 19.7 Å². The number of aliphatic hydroxyl groups is 2. The summed E-state index contributed by atoms with van der Waals surface area (Å²) in [6.07, 6.45) is -2.03. The van der Waals surface area contributed by atoms with Crippen LogP contribution < -0.4 is 10.2 Å². The number of hydrogen-bond acceptors (Lipinski definition) is 8. The Bertz CT molecular complexity index is 1060. The van der Waals surface area contributed by atoms with Crippen molar-refractivity contribution in [3.8, 4) is 0 Å². The van der Waals surface area contributed by atoms with E-state index in [0.717, 1.165) is 9.26 Å². The van der Waals surface area contributed by atoms with Gasteiger partial charge in [0.25, 0.3) is 5.91 Å². The number of imidazole rings is 1. The number of carbonyl (C=O) groups is 1. The maximum Gasteiger partial charge on any atom is 0.251 e. The highest BCUT2D eigenvalue weighted by molar-refractivity contribution is 14.1. The second kappa shape index (κ2) is 7.82. The summed E-state index contributed by atoms with van der Waals surface area (Å²) in [7, 11) is 3.31. The molecule has 11 heteroatoms. The zero-order valence-electron chi connectivity index (χ0n) is 15.6. The third-order valence-corrected chi connectivity index (χ3v) is 5.54. The number of ether oxygens (including phenoxy) is 1. The number of benzene rings is 1. The summed E-state index contributed by atoms with van der Waals surface area (Å²) in [4.78, 5) is 26.8. The maximum absolute atomic E-state index is 11.9. The van der Waals surface area contributed by atoms with Crippen LogP contribution in [-0.2, 0) is 9.53 Å². The first-order valence-electron chi connectivity index (χ1n) is 8.82. The van der Waals surface area contributed by atoms with E-state index >= 15 is 0 Å². The van der Waals surface area contributed by atoms with E-state index in [2.05, 4.69) is 42.9 Å². The summed E-state index contributed by atoms with van der Waals surface area (Å²) in [5.74, 6) is 0.0591. The van der Waals surface area contributed by atoms with Gasteiger partial charge in [-0.3, -0.25) is 9.36 Å². The van der Waals surface area contributed by atoms with Crippen molar-refractivity contribution in [1.29, 1.82) is 0 Å². The molecule has 0 bridgehead atoms. The fraction of sp³-hybridized carbons (Fsp3) is 0.333. The molecule has 1 amide bonds. The van der Waals surface area contributed by atoms with E-state index < -0.39 is 30.4 Å². The van der Waals surface area contributed by atoms with Gasteiger partial charge in [0.05, 0.1) is 6.33 Å². The van der Waals surface area contributed by atoms with Crippen LogP contribution >= 0.6 is 22.6 Å². The molecule has 29 heavy (non-hydrogen) atoms. The topological polar surface area (TPSA) is 126 Å². The quantitative estimate of drug-likeness (QED) is 0.435. The zero-order valence-corrected chi connectivity index (χ0v) is 17.8. The lowest BCUT2D eigenvalue weighted by atomic mass is 10.1. The second-order valence-electron chi connectivity index (χ2n) is 6.60. The van der Waals surface area contributed by atoms with Crippen LogP contribution in [0, 0.1) is 3.57 Å². The number of rotatable bonds is 4. The van der Waals surface area contributed by atoms with Gasteiger partial charge in [0.15, 0.2) is 29.3 Å². The summed E-state index contributed by atoms with van der Waals surface area (Å²) in [6, 6.07) is 7.92. The molecule has 1 aromatic carbocycles. The third kappa shape index (κ3) is 3.43. The number of nitrogens with zero attached hydrogens (tertiary/aromatic N) is 5. The number of aliphatic hydroxyl groups excluding tert-OH is 2. The minimum atomic E-state index is -1.37. The molecule has 1 saturated heterocycles. The van der Waals surface area contributed by atoms with Gasteiger partial charge in [-0.25, -0.2) is 15.0 Å². The van der Waals surface area contributed by atoms with Crippen LogP contribution in [0.3, 0.4) is 0 Å². The van der Waals surface area contributed by atoms with E-state index in [0.29, 0.717) is 17.0 Å². The first kappa shape index (κ1) is 19.9. The lowest BCUT2D eigenvalue weighted by Gasteiger charge is -2.19. The molecule has 3 N–H and O–H groups in total. The average Bonchev–Trinajstić information content (AvgIpc) is 3.28. The largest absolute Gasteiger partial charge is 0.387 e. The summed E-state index contributed by atoms with van der Waals surface area (Å²) in [5, 5.41) is 23.1. The highest BCUT2D eigenvalue weighted by Crippen LogP contribution is 2.34. The normalized spacial score (nSPS) is 24.0. The van der Waals surface area contributed by atoms with Crippen molar-refractivity contribution in [3.63, 3.8) is 0 Å². The molecule has 0 spiro atoms. The third-order valence-electron chi connectivity index (χ3n) is 4.87. The first-order chi connectivity index (χ1) is 13.9. The van der Waals surface area contributed by atoms with Crippen molar-refractivity contribution in [2.24, 2.45) is 0 Å². The van der Waals surface area contributed by atoms with E-state index in [1.165, 1.54) is 24.3 Å². The molecule has 1 aliphatic heterocycles. The van der Waals surface area contributed by atoms with Crippen LogP contribution in [0.1, 0.15) is 6.23 Å². The Morgan fingerprint density at radius 2 is 2.07 bits per heavy atom. The predicted molar refractivity (Wildman–Crippen MR) is 113 cm³/mol. The van der Waals surface area contributed by atoms with Crippen LogP contribution in [0.5, 0.6) is 0 Å². The Labute approximate surface area is 179 Å². The SMILES string of the molecule is CNC(=O)[C@H]1O[C@@H](n2cnc3c(N(C)c4cccc(I)c4)ncnc32)[C@H](O)[C@@H]1O. The van der Waals surface area contributed by atoms with Crippen molar-refractivity contribution in [2.75, 3.05) is 19.0 Å². The van der Waals surface area contributed by atoms with E-state index in [9.17, 15) is 15.0 Å². The van der Waals surface area contributed by atoms with Crippen molar-refractivity contribution in [1.82, 2.24) is 24.8 Å². The Morgan fingerprint density at radius 3 is 2.79 bits per heavy atom. The first-order valence-corrected chi connectivity index (χ1v) is 9.90. The van der Waals surface area contributed by atoms with Crippen LogP contribution in [-0.4, -0.2) is 68.0 Å². The van der Waals surface area contributed by atoms with Crippen LogP contribution in [0.2, 0.25) is 0 Å². The minimum absolute atomic E-state index is 0.418. The van der Waals surface area contributed by atoms with Gasteiger partial charge in [0.2, 0.25) is 0 Å². The molecule has 4 rings (SSSR count). The van der Waals surface area contributed by atoms with E-state index in [4.69, 9.17) is 4.74 Å². The molecular formula is C18H19IN6O4. The lowest BCUT2D eigenvalue weighted by Crippen LogP contribution is -2.41. The number of halogens is 1. The van der Waals surface area contributed by atoms with Gasteiger partial charge in [-0.1, -0.05) is 6.07 Å². The number of likely N-dealkylation sites (N-methyl/N-ethyl adjacent to an activating group) is 1. The zero-order chi connectivity index (χ0) is 20.7. The lowest BCUT2D eigenvalue weighted by molar-refractivity contribution is -0.137. The van der Waals surface area contributed by atoms with Crippen molar-refractivity contribution >= 4 is 51.2 Å². The van der Waals surface area contributed by atoms with Crippen molar-refractivity contribution in [2.45, 2.75) is 24.5 Å². The fourth-order valence-corrected chi connectivity index (χ4v) is 3.85. The molecule has 10 nitrogen and oxygen atoms in total. The van der Waals surface area contributed by atoms with E-state index in [1.54, 1.807) is 0 Å². The summed E-state index contributed by atoms with van der Waals surface area (Å²) < 4.78 is 8.21. The number of carbonyl (C=O) groups excluding carboxylic acids is 1. The Balaban J connectivity index is 1.72. The van der Waals surface area contributed by atoms with Gasteiger partial charge in [-0.2, -0.15) is 0 Å². The Hall–Kier alpha value is -2.35. The summed E-state index contributed by atoms with van der Waals surface area (Å²) in [6.45, 7) is 0. The number of fused-ring (bicyclic) bond motifs is 1. The summed E-state index contributed by atoms with van der Waals surface area (Å²) in [5.41, 5.74) is 1.85. The van der Waals surface area contributed by atoms with E-state index in [1.807, 2.05) is 36.2 Å². The second-order valence-corrected chi connectivity index (χ2v) is 7.85. The van der Waals surface area contributed by atoms with Crippen molar-refractivity contribution in [3.05, 3.63) is 40.5 Å². The smallest absolute Gasteiger partial charge is 0.251 e. The van der Waals surface area contributed by atoms with Gasteiger partial charge in [-0.05, 0) is 40.8 Å². The Kier molecular flexibility index (Phi) is 5.38. The van der Waals surface area contributed by atoms with Gasteiger partial charge >= 0.3 is 0 Å². The molecule has 0 radical (unpaired) electrons. The van der Waals surface area contributed by atoms with Crippen LogP contribution in [0.25, 0.3) is 11.2 Å². The van der Waals surface area contributed by atoms with E-state index in [-0.39, 0.29) is 0 Å². The maximum atomic E-state index is 11.9. The highest BCUT2D eigenvalue weighted by Gasteiger charge is 2.47. The standard InChI is InChI=1S/C18H19IN6O4/c1-20-17(28)14-12(26)13(27)18(29-14)25-8-23-11-15(21-7-22-16(11)25)24(2)10-5-3-4-9(19)6-10/h3-8,12-14,18,26-27H,1-2H3,(H,20,28)/t12-,13+,14-,18+/m0/s1. The average molecular weight is 510 g/mol. The summed E-state index contributed by atoms with van der Waals surface area (Å²) >= 11 is 2.24. The Morgan fingerprint density at radius 1 is 1.28 bits per heavy atom. The number of amides is 1. The number of nitrogens with one attached hydrogen (secondary N) is 1. The predicted octanol–water partition coefficient (Wildman–Crippen LogP) is 0.564. The van der Waals surface area contributed by atoms with Crippen LogP contribution in [0.4, 0.5) is 11.5 Å². The number of anilines is 2. The molecule has 4 atom stereocenters. The molecule has 1 fully saturated rings. The fourth-order valence-electron chi connectivity index (χ4n) is 3.33. The molecule has 0 unspecified atom stereocenters. The molecule has 2 aromatic heterocycles.